The van der Waals surface area contributed by atoms with Gasteiger partial charge in [-0.05, 0) is 42.5 Å². The lowest BCUT2D eigenvalue weighted by molar-refractivity contribution is 0.122. The Hall–Kier alpha value is -2.95. The first-order valence-corrected chi connectivity index (χ1v) is 11.6. The fourth-order valence-electron chi connectivity index (χ4n) is 3.30. The number of morpholine rings is 1. The van der Waals surface area contributed by atoms with Crippen LogP contribution in [0.5, 0.6) is 0 Å². The summed E-state index contributed by atoms with van der Waals surface area (Å²) in [5.41, 5.74) is 1.14. The van der Waals surface area contributed by atoms with Gasteiger partial charge in [-0.1, -0.05) is 11.3 Å². The van der Waals surface area contributed by atoms with Gasteiger partial charge in [-0.25, -0.2) is 18.2 Å². The van der Waals surface area contributed by atoms with Crippen molar-refractivity contribution in [3.63, 3.8) is 0 Å². The van der Waals surface area contributed by atoms with E-state index in [1.165, 1.54) is 41.7 Å². The number of nitrogens with zero attached hydrogens (tertiary/aromatic N) is 2. The Kier molecular flexibility index (Phi) is 4.69. The molecule has 2 aromatic carbocycles. The second kappa shape index (κ2) is 7.38. The first-order valence-electron chi connectivity index (χ1n) is 9.28. The number of rotatable bonds is 4. The quantitative estimate of drug-likeness (QED) is 0.484. The number of nitrogens with one attached hydrogen (secondary N) is 1. The monoisotopic (exact) mass is 443 g/mol. The lowest BCUT2D eigenvalue weighted by atomic mass is 10.2. The molecule has 30 heavy (non-hydrogen) atoms. The van der Waals surface area contributed by atoms with E-state index in [2.05, 4.69) is 14.6 Å². The average molecular weight is 444 g/mol. The molecule has 0 radical (unpaired) electrons. The molecular weight excluding hydrogens is 426 g/mol. The first kappa shape index (κ1) is 19.0. The molecule has 1 fully saturated rings. The normalized spacial score (nSPS) is 15.0. The fourth-order valence-corrected chi connectivity index (χ4v) is 5.44. The zero-order chi connectivity index (χ0) is 20.7. The highest BCUT2D eigenvalue weighted by Crippen LogP contribution is 2.32. The predicted molar refractivity (Wildman–Crippen MR) is 116 cm³/mol. The minimum absolute atomic E-state index is 0.0854. The van der Waals surface area contributed by atoms with E-state index in [1.54, 1.807) is 12.1 Å². The highest BCUT2D eigenvalue weighted by atomic mass is 32.2. The summed E-state index contributed by atoms with van der Waals surface area (Å²) < 4.78 is 39.7. The van der Waals surface area contributed by atoms with E-state index in [4.69, 9.17) is 9.15 Å². The summed E-state index contributed by atoms with van der Waals surface area (Å²) >= 11 is 1.53. The Bertz CT molecular complexity index is 1410. The summed E-state index contributed by atoms with van der Waals surface area (Å²) in [5, 5.41) is 1.44. The summed E-state index contributed by atoms with van der Waals surface area (Å²) in [4.78, 5) is 18.2. The Morgan fingerprint density at radius 3 is 2.70 bits per heavy atom. The number of sulfonamides is 1. The lowest BCUT2D eigenvalue weighted by Crippen LogP contribution is -2.36. The largest absolute Gasteiger partial charge is 0.423 e. The lowest BCUT2D eigenvalue weighted by Gasteiger charge is -2.25. The fraction of sp³-hybridized carbons (Fsp3) is 0.200. The van der Waals surface area contributed by atoms with Crippen LogP contribution in [0.15, 0.2) is 62.6 Å². The van der Waals surface area contributed by atoms with E-state index in [0.717, 1.165) is 28.4 Å². The van der Waals surface area contributed by atoms with Crippen molar-refractivity contribution in [3.05, 3.63) is 59.0 Å². The summed E-state index contributed by atoms with van der Waals surface area (Å²) in [6, 6.07) is 12.5. The van der Waals surface area contributed by atoms with Gasteiger partial charge in [0.15, 0.2) is 5.13 Å². The Balaban J connectivity index is 1.43. The van der Waals surface area contributed by atoms with E-state index >= 15 is 0 Å². The molecule has 8 nitrogen and oxygen atoms in total. The summed E-state index contributed by atoms with van der Waals surface area (Å²) in [6.07, 6.45) is 0. The number of aromatic nitrogens is 1. The molecule has 0 unspecified atom stereocenters. The zero-order valence-electron chi connectivity index (χ0n) is 15.7. The average Bonchev–Trinajstić information content (AvgIpc) is 3.17. The number of thiazole rings is 1. The second-order valence-corrected chi connectivity index (χ2v) is 9.53. The van der Waals surface area contributed by atoms with Crippen LogP contribution in [0.2, 0.25) is 0 Å². The zero-order valence-corrected chi connectivity index (χ0v) is 17.3. The van der Waals surface area contributed by atoms with Gasteiger partial charge in [0, 0.05) is 24.5 Å². The van der Waals surface area contributed by atoms with Crippen molar-refractivity contribution >= 4 is 53.4 Å². The van der Waals surface area contributed by atoms with Gasteiger partial charge in [0.2, 0.25) is 0 Å². The highest BCUT2D eigenvalue weighted by Gasteiger charge is 2.18. The molecule has 0 bridgehead atoms. The van der Waals surface area contributed by atoms with Gasteiger partial charge >= 0.3 is 5.63 Å². The van der Waals surface area contributed by atoms with Crippen molar-refractivity contribution in [2.24, 2.45) is 0 Å². The van der Waals surface area contributed by atoms with Gasteiger partial charge < -0.3 is 14.1 Å². The van der Waals surface area contributed by atoms with Crippen LogP contribution in [-0.2, 0) is 14.8 Å². The SMILES string of the molecule is O=c1ccc2cc(S(=O)(=O)Nc3ccc4nc(N5CCOCC5)sc4c3)ccc2o1. The predicted octanol–water partition coefficient (Wildman–Crippen LogP) is 3.04. The molecule has 1 N–H and O–H groups in total. The van der Waals surface area contributed by atoms with Gasteiger partial charge in [0.25, 0.3) is 10.0 Å². The number of hydrogen-bond donors (Lipinski definition) is 1. The van der Waals surface area contributed by atoms with E-state index in [0.29, 0.717) is 29.9 Å². The number of ether oxygens (including phenoxy) is 1. The van der Waals surface area contributed by atoms with Crippen molar-refractivity contribution < 1.29 is 17.6 Å². The van der Waals surface area contributed by atoms with E-state index in [9.17, 15) is 13.2 Å². The molecule has 3 heterocycles. The van der Waals surface area contributed by atoms with Crippen molar-refractivity contribution in [2.45, 2.75) is 4.90 Å². The van der Waals surface area contributed by atoms with Crippen LogP contribution < -0.4 is 15.2 Å². The van der Waals surface area contributed by atoms with Crippen LogP contribution in [0.25, 0.3) is 21.2 Å². The standard InChI is InChI=1S/C20H17N3O5S2/c24-19-6-1-13-11-15(3-5-17(13)28-19)30(25,26)22-14-2-4-16-18(12-14)29-20(21-16)23-7-9-27-10-8-23/h1-6,11-12,22H,7-10H2. The van der Waals surface area contributed by atoms with Crippen molar-refractivity contribution in [1.82, 2.24) is 4.98 Å². The maximum atomic E-state index is 12.9. The smallest absolute Gasteiger partial charge is 0.336 e. The van der Waals surface area contributed by atoms with Crippen LogP contribution in [0.3, 0.4) is 0 Å². The Morgan fingerprint density at radius 1 is 1.03 bits per heavy atom. The van der Waals surface area contributed by atoms with Gasteiger partial charge in [0.05, 0.1) is 34.0 Å². The van der Waals surface area contributed by atoms with Crippen LogP contribution in [0.4, 0.5) is 10.8 Å². The van der Waals surface area contributed by atoms with Gasteiger partial charge in [-0.2, -0.15) is 0 Å². The molecule has 0 atom stereocenters. The molecule has 0 spiro atoms. The summed E-state index contributed by atoms with van der Waals surface area (Å²) in [7, 11) is -3.81. The minimum Gasteiger partial charge on any atom is -0.423 e. The van der Waals surface area contributed by atoms with Crippen LogP contribution >= 0.6 is 11.3 Å². The summed E-state index contributed by atoms with van der Waals surface area (Å²) in [6.45, 7) is 2.94. The summed E-state index contributed by atoms with van der Waals surface area (Å²) in [5.74, 6) is 0. The van der Waals surface area contributed by atoms with Gasteiger partial charge in [-0.15, -0.1) is 0 Å². The van der Waals surface area contributed by atoms with E-state index in [-0.39, 0.29) is 4.90 Å². The third kappa shape index (κ3) is 3.64. The third-order valence-electron chi connectivity index (χ3n) is 4.81. The third-order valence-corrected chi connectivity index (χ3v) is 7.27. The molecule has 0 amide bonds. The van der Waals surface area contributed by atoms with Crippen LogP contribution in [0, 0.1) is 0 Å². The molecule has 2 aromatic heterocycles. The molecule has 1 aliphatic heterocycles. The molecule has 0 saturated carbocycles. The molecule has 1 saturated heterocycles. The highest BCUT2D eigenvalue weighted by molar-refractivity contribution is 7.92. The number of hydrogen-bond acceptors (Lipinski definition) is 8. The maximum Gasteiger partial charge on any atom is 0.336 e. The number of fused-ring (bicyclic) bond motifs is 2. The molecular formula is C20H17N3O5S2. The Morgan fingerprint density at radius 2 is 1.87 bits per heavy atom. The van der Waals surface area contributed by atoms with Crippen molar-refractivity contribution in [1.29, 1.82) is 0 Å². The molecule has 4 aromatic rings. The van der Waals surface area contributed by atoms with Gasteiger partial charge in [0.1, 0.15) is 5.58 Å². The van der Waals surface area contributed by atoms with E-state index < -0.39 is 15.6 Å². The number of anilines is 2. The minimum atomic E-state index is -3.81. The topological polar surface area (TPSA) is 102 Å². The molecule has 10 heteroatoms. The second-order valence-electron chi connectivity index (χ2n) is 6.84. The van der Waals surface area contributed by atoms with Crippen molar-refractivity contribution in [2.75, 3.05) is 35.9 Å². The molecule has 154 valence electrons. The van der Waals surface area contributed by atoms with Crippen LogP contribution in [0.1, 0.15) is 0 Å². The maximum absolute atomic E-state index is 12.9. The Labute approximate surface area is 175 Å². The van der Waals surface area contributed by atoms with Gasteiger partial charge in [-0.3, -0.25) is 4.72 Å². The van der Waals surface area contributed by atoms with Crippen LogP contribution in [-0.4, -0.2) is 39.7 Å². The van der Waals surface area contributed by atoms with E-state index in [1.807, 2.05) is 6.07 Å². The number of benzene rings is 2. The molecule has 5 rings (SSSR count). The molecule has 1 aliphatic rings. The first-order chi connectivity index (χ1) is 14.5. The molecule has 0 aliphatic carbocycles. The van der Waals surface area contributed by atoms with Crippen molar-refractivity contribution in [3.8, 4) is 0 Å².